The summed E-state index contributed by atoms with van der Waals surface area (Å²) >= 11 is 0. The zero-order valence-corrected chi connectivity index (χ0v) is 11.2. The van der Waals surface area contributed by atoms with Crippen molar-refractivity contribution in [3.63, 3.8) is 0 Å². The van der Waals surface area contributed by atoms with E-state index >= 15 is 0 Å². The molecular weight excluding hydrogens is 258 g/mol. The van der Waals surface area contributed by atoms with E-state index in [0.29, 0.717) is 0 Å². The summed E-state index contributed by atoms with van der Waals surface area (Å²) in [4.78, 5) is 11.6. The number of carbonyl (C=O) groups is 1. The molecular formula is C11H15NO5S. The molecule has 0 aliphatic rings. The van der Waals surface area contributed by atoms with Crippen LogP contribution >= 0.6 is 0 Å². The second-order valence-electron chi connectivity index (χ2n) is 3.61. The van der Waals surface area contributed by atoms with Gasteiger partial charge in [-0.1, -0.05) is 0 Å². The summed E-state index contributed by atoms with van der Waals surface area (Å²) in [6, 6.07) is 2.71. The molecule has 2 N–H and O–H groups in total. The minimum Gasteiger partial charge on any atom is -0.497 e. The number of rotatable bonds is 5. The first kappa shape index (κ1) is 14.5. The van der Waals surface area contributed by atoms with Crippen LogP contribution in [-0.2, 0) is 9.84 Å². The first-order chi connectivity index (χ1) is 8.35. The Labute approximate surface area is 106 Å². The molecule has 0 unspecified atom stereocenters. The van der Waals surface area contributed by atoms with E-state index in [2.05, 4.69) is 0 Å². The highest BCUT2D eigenvalue weighted by atomic mass is 32.2. The summed E-state index contributed by atoms with van der Waals surface area (Å²) in [6.45, 7) is -0.243. The number of nitrogens with two attached hydrogens (primary N) is 1. The highest BCUT2D eigenvalue weighted by Gasteiger charge is 2.22. The van der Waals surface area contributed by atoms with Gasteiger partial charge in [0.15, 0.2) is 15.6 Å². The lowest BCUT2D eigenvalue weighted by Crippen LogP contribution is -2.16. The van der Waals surface area contributed by atoms with Crippen molar-refractivity contribution in [1.29, 1.82) is 0 Å². The van der Waals surface area contributed by atoms with Crippen LogP contribution in [0.15, 0.2) is 17.0 Å². The van der Waals surface area contributed by atoms with Gasteiger partial charge in [-0.15, -0.1) is 0 Å². The molecule has 0 atom stereocenters. The van der Waals surface area contributed by atoms with Crippen molar-refractivity contribution in [2.45, 2.75) is 4.90 Å². The average Bonchev–Trinajstić information content (AvgIpc) is 2.34. The molecule has 0 radical (unpaired) electrons. The highest BCUT2D eigenvalue weighted by Crippen LogP contribution is 2.33. The van der Waals surface area contributed by atoms with Crippen molar-refractivity contribution >= 4 is 15.6 Å². The molecule has 0 bridgehead atoms. The molecule has 1 rings (SSSR count). The van der Waals surface area contributed by atoms with Gasteiger partial charge in [0.05, 0.1) is 26.3 Å². The Bertz CT molecular complexity index is 565. The lowest BCUT2D eigenvalue weighted by molar-refractivity contribution is 0.0997. The fourth-order valence-corrected chi connectivity index (χ4v) is 2.36. The van der Waals surface area contributed by atoms with E-state index in [0.717, 1.165) is 6.26 Å². The fraction of sp³-hybridized carbons (Fsp3) is 0.364. The van der Waals surface area contributed by atoms with Gasteiger partial charge in [-0.25, -0.2) is 8.42 Å². The SMILES string of the molecule is COc1cc(C(=O)CN)c(OC)c(S(C)(=O)=O)c1. The minimum absolute atomic E-state index is 0.00579. The maximum atomic E-state index is 11.7. The fourth-order valence-electron chi connectivity index (χ4n) is 1.50. The normalized spacial score (nSPS) is 11.1. The van der Waals surface area contributed by atoms with Crippen LogP contribution in [0.2, 0.25) is 0 Å². The second-order valence-corrected chi connectivity index (χ2v) is 5.59. The van der Waals surface area contributed by atoms with Gasteiger partial charge in [-0.3, -0.25) is 4.79 Å². The summed E-state index contributed by atoms with van der Waals surface area (Å²) in [7, 11) is -0.865. The molecule has 0 fully saturated rings. The topological polar surface area (TPSA) is 95.7 Å². The maximum absolute atomic E-state index is 11.7. The number of carbonyl (C=O) groups excluding carboxylic acids is 1. The van der Waals surface area contributed by atoms with Gasteiger partial charge in [0.25, 0.3) is 0 Å². The van der Waals surface area contributed by atoms with E-state index in [-0.39, 0.29) is 28.5 Å². The monoisotopic (exact) mass is 273 g/mol. The lowest BCUT2D eigenvalue weighted by atomic mass is 10.1. The number of methoxy groups -OCH3 is 2. The molecule has 100 valence electrons. The number of hydrogen-bond acceptors (Lipinski definition) is 6. The standard InChI is InChI=1S/C11H15NO5S/c1-16-7-4-8(9(13)6-12)11(17-2)10(5-7)18(3,14)15/h4-5H,6,12H2,1-3H3. The van der Waals surface area contributed by atoms with Crippen LogP contribution in [0.3, 0.4) is 0 Å². The van der Waals surface area contributed by atoms with Gasteiger partial charge >= 0.3 is 0 Å². The Balaban J connectivity index is 3.66. The van der Waals surface area contributed by atoms with E-state index in [1.165, 1.54) is 26.4 Å². The molecule has 0 saturated heterocycles. The summed E-state index contributed by atoms with van der Waals surface area (Å²) in [5.41, 5.74) is 5.38. The third kappa shape index (κ3) is 2.80. The van der Waals surface area contributed by atoms with Crippen LogP contribution in [0, 0.1) is 0 Å². The molecule has 1 aromatic carbocycles. The van der Waals surface area contributed by atoms with Crippen molar-refractivity contribution in [1.82, 2.24) is 0 Å². The van der Waals surface area contributed by atoms with Crippen molar-refractivity contribution in [3.8, 4) is 11.5 Å². The van der Waals surface area contributed by atoms with Gasteiger partial charge in [0.2, 0.25) is 0 Å². The lowest BCUT2D eigenvalue weighted by Gasteiger charge is -2.13. The maximum Gasteiger partial charge on any atom is 0.180 e. The first-order valence-corrected chi connectivity index (χ1v) is 6.93. The van der Waals surface area contributed by atoms with Gasteiger partial charge < -0.3 is 15.2 Å². The van der Waals surface area contributed by atoms with Crippen molar-refractivity contribution in [2.75, 3.05) is 27.0 Å². The summed E-state index contributed by atoms with van der Waals surface area (Å²) in [5.74, 6) is -0.169. The third-order valence-electron chi connectivity index (χ3n) is 2.35. The molecule has 0 saturated carbocycles. The molecule has 0 aromatic heterocycles. The molecule has 0 aliphatic carbocycles. The van der Waals surface area contributed by atoms with E-state index in [9.17, 15) is 13.2 Å². The van der Waals surface area contributed by atoms with Gasteiger partial charge in [0, 0.05) is 12.3 Å². The smallest absolute Gasteiger partial charge is 0.180 e. The van der Waals surface area contributed by atoms with Crippen molar-refractivity contribution in [2.24, 2.45) is 5.73 Å². The van der Waals surface area contributed by atoms with Crippen LogP contribution in [0.25, 0.3) is 0 Å². The zero-order valence-electron chi connectivity index (χ0n) is 10.4. The summed E-state index contributed by atoms with van der Waals surface area (Å²) in [5, 5.41) is 0. The summed E-state index contributed by atoms with van der Waals surface area (Å²) < 4.78 is 33.3. The number of hydrogen-bond donors (Lipinski definition) is 1. The number of benzene rings is 1. The quantitative estimate of drug-likeness (QED) is 0.772. The number of sulfone groups is 1. The molecule has 7 heteroatoms. The number of ether oxygens (including phenoxy) is 2. The van der Waals surface area contributed by atoms with Crippen molar-refractivity contribution in [3.05, 3.63) is 17.7 Å². The van der Waals surface area contributed by atoms with Crippen molar-refractivity contribution < 1.29 is 22.7 Å². The molecule has 1 aromatic rings. The summed E-state index contributed by atoms with van der Waals surface area (Å²) in [6.07, 6.45) is 1.03. The Morgan fingerprint density at radius 2 is 1.89 bits per heavy atom. The van der Waals surface area contributed by atoms with E-state index in [1.54, 1.807) is 0 Å². The number of ketones is 1. The predicted octanol–water partition coefficient (Wildman–Crippen LogP) is 0.249. The Morgan fingerprint density at radius 3 is 2.28 bits per heavy atom. The van der Waals surface area contributed by atoms with Crippen LogP contribution < -0.4 is 15.2 Å². The zero-order chi connectivity index (χ0) is 13.9. The van der Waals surface area contributed by atoms with Gasteiger partial charge in [-0.2, -0.15) is 0 Å². The third-order valence-corrected chi connectivity index (χ3v) is 3.46. The Kier molecular flexibility index (Phi) is 4.31. The van der Waals surface area contributed by atoms with E-state index in [1.807, 2.05) is 0 Å². The van der Waals surface area contributed by atoms with Crippen LogP contribution in [0.5, 0.6) is 11.5 Å². The first-order valence-electron chi connectivity index (χ1n) is 5.04. The largest absolute Gasteiger partial charge is 0.497 e. The van der Waals surface area contributed by atoms with Gasteiger partial charge in [0.1, 0.15) is 16.4 Å². The molecule has 18 heavy (non-hydrogen) atoms. The molecule has 0 heterocycles. The highest BCUT2D eigenvalue weighted by molar-refractivity contribution is 7.90. The van der Waals surface area contributed by atoms with E-state index < -0.39 is 15.6 Å². The molecule has 6 nitrogen and oxygen atoms in total. The second kappa shape index (κ2) is 5.36. The predicted molar refractivity (Wildman–Crippen MR) is 66.0 cm³/mol. The Morgan fingerprint density at radius 1 is 1.28 bits per heavy atom. The van der Waals surface area contributed by atoms with Crippen LogP contribution in [0.4, 0.5) is 0 Å². The van der Waals surface area contributed by atoms with Crippen LogP contribution in [-0.4, -0.2) is 41.2 Å². The van der Waals surface area contributed by atoms with Gasteiger partial charge in [-0.05, 0) is 6.07 Å². The van der Waals surface area contributed by atoms with E-state index in [4.69, 9.17) is 15.2 Å². The Hall–Kier alpha value is -1.60. The molecule has 0 aliphatic heterocycles. The van der Waals surface area contributed by atoms with Crippen LogP contribution in [0.1, 0.15) is 10.4 Å². The minimum atomic E-state index is -3.54. The molecule has 0 spiro atoms. The average molecular weight is 273 g/mol. The molecule has 0 amide bonds. The number of Topliss-reactive ketones (excluding diaryl/α,β-unsaturated/α-hetero) is 1.